The van der Waals surface area contributed by atoms with Gasteiger partial charge >= 0.3 is 0 Å². The Kier molecular flexibility index (Phi) is 6.37. The van der Waals surface area contributed by atoms with Crippen molar-refractivity contribution in [1.82, 2.24) is 19.3 Å². The number of benzene rings is 1. The van der Waals surface area contributed by atoms with Crippen molar-refractivity contribution < 1.29 is 4.74 Å². The first-order chi connectivity index (χ1) is 15.9. The summed E-state index contributed by atoms with van der Waals surface area (Å²) in [5.41, 5.74) is 12.9. The van der Waals surface area contributed by atoms with Crippen molar-refractivity contribution in [2.75, 3.05) is 57.3 Å². The van der Waals surface area contributed by atoms with Crippen molar-refractivity contribution in [3.63, 3.8) is 0 Å². The third-order valence-electron chi connectivity index (χ3n) is 5.62. The minimum Gasteiger partial charge on any atom is -0.494 e. The number of nitrogen functional groups attached to an aromatic ring is 1. The third-order valence-corrected chi connectivity index (χ3v) is 5.62. The zero-order valence-electron chi connectivity index (χ0n) is 19.8. The zero-order chi connectivity index (χ0) is 23.5. The summed E-state index contributed by atoms with van der Waals surface area (Å²) in [7, 11) is 7.78. The molecule has 4 rings (SSSR count). The molecule has 0 atom stereocenters. The predicted octanol–water partition coefficient (Wildman–Crippen LogP) is 4.04. The number of ether oxygens (including phenoxy) is 1. The number of rotatable bonds is 8. The van der Waals surface area contributed by atoms with Crippen LogP contribution in [-0.2, 0) is 0 Å². The van der Waals surface area contributed by atoms with E-state index in [2.05, 4.69) is 76.0 Å². The van der Waals surface area contributed by atoms with Crippen LogP contribution in [0.1, 0.15) is 5.56 Å². The van der Waals surface area contributed by atoms with Gasteiger partial charge in [0, 0.05) is 44.1 Å². The monoisotopic (exact) mass is 445 g/mol. The smallest absolute Gasteiger partial charge is 0.227 e. The molecular formula is C25H31N7O. The van der Waals surface area contributed by atoms with E-state index in [-0.39, 0.29) is 0 Å². The number of aryl methyl sites for hydroxylation is 1. The second-order valence-corrected chi connectivity index (χ2v) is 8.44. The van der Waals surface area contributed by atoms with Crippen molar-refractivity contribution >= 4 is 28.5 Å². The van der Waals surface area contributed by atoms with Crippen LogP contribution in [0.4, 0.5) is 23.0 Å². The highest BCUT2D eigenvalue weighted by atomic mass is 16.5. The van der Waals surface area contributed by atoms with Crippen LogP contribution in [-0.4, -0.2) is 60.6 Å². The lowest BCUT2D eigenvalue weighted by molar-refractivity contribution is 0.413. The summed E-state index contributed by atoms with van der Waals surface area (Å²) in [5.74, 6) is 1.15. The van der Waals surface area contributed by atoms with Gasteiger partial charge in [0.25, 0.3) is 0 Å². The number of aromatic nitrogens is 3. The Morgan fingerprint density at radius 3 is 2.64 bits per heavy atom. The lowest BCUT2D eigenvalue weighted by Crippen LogP contribution is -2.29. The second-order valence-electron chi connectivity index (χ2n) is 8.44. The molecule has 0 fully saturated rings. The molecule has 0 radical (unpaired) electrons. The zero-order valence-corrected chi connectivity index (χ0v) is 19.8. The van der Waals surface area contributed by atoms with Crippen molar-refractivity contribution in [1.29, 1.82) is 0 Å². The van der Waals surface area contributed by atoms with Gasteiger partial charge in [0.2, 0.25) is 5.95 Å². The van der Waals surface area contributed by atoms with Gasteiger partial charge in [0.15, 0.2) is 0 Å². The maximum absolute atomic E-state index is 6.39. The van der Waals surface area contributed by atoms with Crippen LogP contribution in [0.25, 0.3) is 16.9 Å². The van der Waals surface area contributed by atoms with E-state index in [1.807, 2.05) is 25.2 Å². The molecule has 4 aromatic rings. The van der Waals surface area contributed by atoms with Crippen LogP contribution in [0.3, 0.4) is 0 Å². The Labute approximate surface area is 194 Å². The van der Waals surface area contributed by atoms with Crippen LogP contribution in [0.5, 0.6) is 5.75 Å². The summed E-state index contributed by atoms with van der Waals surface area (Å²) in [6.45, 7) is 3.86. The Hall–Kier alpha value is -3.78. The van der Waals surface area contributed by atoms with Gasteiger partial charge in [-0.1, -0.05) is 0 Å². The maximum Gasteiger partial charge on any atom is 0.227 e. The molecule has 8 heteroatoms. The first-order valence-corrected chi connectivity index (χ1v) is 10.9. The first-order valence-electron chi connectivity index (χ1n) is 10.9. The molecule has 0 unspecified atom stereocenters. The molecule has 0 aliphatic carbocycles. The second kappa shape index (κ2) is 9.38. The number of methoxy groups -OCH3 is 1. The molecule has 8 nitrogen and oxygen atoms in total. The molecule has 0 saturated carbocycles. The number of anilines is 4. The molecule has 3 heterocycles. The molecule has 3 aromatic heterocycles. The van der Waals surface area contributed by atoms with Gasteiger partial charge in [0.1, 0.15) is 5.75 Å². The molecule has 3 N–H and O–H groups in total. The number of nitrogens with one attached hydrogen (secondary N) is 1. The fraction of sp³-hybridized carbons (Fsp3) is 0.280. The molecular weight excluding hydrogens is 414 g/mol. The van der Waals surface area contributed by atoms with Crippen molar-refractivity contribution in [3.05, 3.63) is 60.4 Å². The summed E-state index contributed by atoms with van der Waals surface area (Å²) >= 11 is 0. The maximum atomic E-state index is 6.39. The molecule has 172 valence electrons. The third kappa shape index (κ3) is 4.85. The van der Waals surface area contributed by atoms with Gasteiger partial charge < -0.3 is 30.0 Å². The Morgan fingerprint density at radius 2 is 1.88 bits per heavy atom. The SMILES string of the molecule is COc1cc(N(C)CCN(C)C)c(N)cc1Nc1nccc(-c2ccc3cc(C)ccn23)n1. The highest BCUT2D eigenvalue weighted by Crippen LogP contribution is 2.36. The van der Waals surface area contributed by atoms with Crippen LogP contribution < -0.4 is 20.7 Å². The van der Waals surface area contributed by atoms with E-state index in [4.69, 9.17) is 15.5 Å². The van der Waals surface area contributed by atoms with Gasteiger partial charge in [-0.3, -0.25) is 0 Å². The normalized spacial score (nSPS) is 11.2. The number of likely N-dealkylation sites (N-methyl/N-ethyl adjacent to an activating group) is 2. The molecule has 0 aliphatic rings. The number of nitrogens with zero attached hydrogens (tertiary/aromatic N) is 5. The number of hydrogen-bond donors (Lipinski definition) is 2. The van der Waals surface area contributed by atoms with Crippen LogP contribution in [0.15, 0.2) is 54.9 Å². The van der Waals surface area contributed by atoms with Crippen molar-refractivity contribution in [3.8, 4) is 17.1 Å². The summed E-state index contributed by atoms with van der Waals surface area (Å²) in [6.07, 6.45) is 3.81. The largest absolute Gasteiger partial charge is 0.494 e. The minimum absolute atomic E-state index is 0.473. The van der Waals surface area contributed by atoms with E-state index in [0.717, 1.165) is 35.7 Å². The van der Waals surface area contributed by atoms with Gasteiger partial charge in [-0.15, -0.1) is 0 Å². The fourth-order valence-electron chi connectivity index (χ4n) is 3.77. The van der Waals surface area contributed by atoms with E-state index >= 15 is 0 Å². The summed E-state index contributed by atoms with van der Waals surface area (Å²) in [6, 6.07) is 14.1. The summed E-state index contributed by atoms with van der Waals surface area (Å²) in [5, 5.41) is 3.28. The molecule has 0 saturated heterocycles. The van der Waals surface area contributed by atoms with E-state index < -0.39 is 0 Å². The highest BCUT2D eigenvalue weighted by Gasteiger charge is 2.14. The van der Waals surface area contributed by atoms with Gasteiger partial charge in [-0.25, -0.2) is 9.97 Å². The van der Waals surface area contributed by atoms with E-state index in [9.17, 15) is 0 Å². The van der Waals surface area contributed by atoms with Crippen LogP contribution in [0, 0.1) is 6.92 Å². The van der Waals surface area contributed by atoms with E-state index in [0.29, 0.717) is 23.1 Å². The number of fused-ring (bicyclic) bond motifs is 1. The topological polar surface area (TPSA) is 84.0 Å². The molecule has 0 bridgehead atoms. The molecule has 0 spiro atoms. The molecule has 1 aromatic carbocycles. The number of hydrogen-bond acceptors (Lipinski definition) is 7. The standard InChI is InChI=1S/C25H31N7O/c1-17-9-11-32-18(14-17)6-7-22(32)20-8-10-27-25(28-20)29-21-15-19(26)23(16-24(21)33-5)31(4)13-12-30(2)3/h6-11,14-16H,12-13,26H2,1-5H3,(H,27,28,29). The van der Waals surface area contributed by atoms with E-state index in [1.54, 1.807) is 13.3 Å². The number of pyridine rings is 1. The quantitative estimate of drug-likeness (QED) is 0.396. The average Bonchev–Trinajstić information content (AvgIpc) is 3.21. The molecule has 0 aliphatic heterocycles. The van der Waals surface area contributed by atoms with Crippen molar-refractivity contribution in [2.24, 2.45) is 0 Å². The Morgan fingerprint density at radius 1 is 1.06 bits per heavy atom. The molecule has 33 heavy (non-hydrogen) atoms. The van der Waals surface area contributed by atoms with E-state index in [1.165, 1.54) is 5.56 Å². The highest BCUT2D eigenvalue weighted by molar-refractivity contribution is 5.79. The van der Waals surface area contributed by atoms with Gasteiger partial charge in [-0.2, -0.15) is 0 Å². The van der Waals surface area contributed by atoms with Gasteiger partial charge in [0.05, 0.1) is 35.6 Å². The van der Waals surface area contributed by atoms with Crippen molar-refractivity contribution in [2.45, 2.75) is 6.92 Å². The number of nitrogens with two attached hydrogens (primary N) is 1. The fourth-order valence-corrected chi connectivity index (χ4v) is 3.77. The van der Waals surface area contributed by atoms with Crippen LogP contribution >= 0.6 is 0 Å². The minimum atomic E-state index is 0.473. The van der Waals surface area contributed by atoms with Crippen LogP contribution in [0.2, 0.25) is 0 Å². The lowest BCUT2D eigenvalue weighted by Gasteiger charge is -2.24. The summed E-state index contributed by atoms with van der Waals surface area (Å²) < 4.78 is 7.77. The summed E-state index contributed by atoms with van der Waals surface area (Å²) in [4.78, 5) is 13.4. The first kappa shape index (κ1) is 22.4. The van der Waals surface area contributed by atoms with Gasteiger partial charge in [-0.05, 0) is 63.0 Å². The predicted molar refractivity (Wildman–Crippen MR) is 136 cm³/mol. The average molecular weight is 446 g/mol. The molecule has 0 amide bonds. The Bertz CT molecular complexity index is 1270. The Balaban J connectivity index is 1.62. The lowest BCUT2D eigenvalue weighted by atomic mass is 10.2.